The van der Waals surface area contributed by atoms with Gasteiger partial charge >= 0.3 is 11.9 Å². The molecular formula is C40H79NO7. The van der Waals surface area contributed by atoms with Gasteiger partial charge in [0.2, 0.25) is 0 Å². The van der Waals surface area contributed by atoms with Crippen molar-refractivity contribution in [2.75, 3.05) is 65.9 Å². The topological polar surface area (TPSA) is 94.5 Å². The fraction of sp³-hybridized carbons (Fsp3) is 0.950. The van der Waals surface area contributed by atoms with Gasteiger partial charge in [-0.25, -0.2) is 0 Å². The molecule has 0 spiro atoms. The summed E-state index contributed by atoms with van der Waals surface area (Å²) in [5.41, 5.74) is 0. The largest absolute Gasteiger partial charge is 0.465 e. The van der Waals surface area contributed by atoms with Gasteiger partial charge < -0.3 is 24.1 Å². The number of nitrogens with zero attached hydrogens (tertiary/aromatic N) is 1. The lowest BCUT2D eigenvalue weighted by Gasteiger charge is -2.22. The zero-order chi connectivity index (χ0) is 35.3. The van der Waals surface area contributed by atoms with E-state index < -0.39 is 0 Å². The van der Waals surface area contributed by atoms with Gasteiger partial charge in [0.05, 0.1) is 38.3 Å². The molecule has 0 aliphatic heterocycles. The molecule has 0 fully saturated rings. The van der Waals surface area contributed by atoms with Gasteiger partial charge in [0, 0.05) is 32.9 Å². The van der Waals surface area contributed by atoms with Gasteiger partial charge in [-0.15, -0.1) is 0 Å². The second-order valence-corrected chi connectivity index (χ2v) is 13.6. The van der Waals surface area contributed by atoms with Crippen LogP contribution in [-0.4, -0.2) is 87.8 Å². The molecule has 286 valence electrons. The van der Waals surface area contributed by atoms with Crippen LogP contribution in [0.15, 0.2) is 0 Å². The van der Waals surface area contributed by atoms with Crippen LogP contribution in [-0.2, 0) is 28.5 Å². The SMILES string of the molecule is CCCCCCC(CCCC)C(=O)OCCCCOCCN(CCCCO)CCOCCCCOC(=O)C(CCCC)CCCCCC. The van der Waals surface area contributed by atoms with Crippen molar-refractivity contribution >= 4 is 11.9 Å². The number of hydrogen-bond acceptors (Lipinski definition) is 8. The molecule has 0 saturated carbocycles. The summed E-state index contributed by atoms with van der Waals surface area (Å²) in [5.74, 6) is 0.0944. The van der Waals surface area contributed by atoms with E-state index >= 15 is 0 Å². The number of rotatable bonds is 38. The lowest BCUT2D eigenvalue weighted by Crippen LogP contribution is -2.32. The Hall–Kier alpha value is -1.22. The minimum atomic E-state index is -0.00974. The predicted octanol–water partition coefficient (Wildman–Crippen LogP) is 9.29. The van der Waals surface area contributed by atoms with E-state index in [2.05, 4.69) is 32.6 Å². The summed E-state index contributed by atoms with van der Waals surface area (Å²) in [6.07, 6.45) is 22.9. The van der Waals surface area contributed by atoms with Crippen molar-refractivity contribution in [1.82, 2.24) is 4.90 Å². The number of aliphatic hydroxyl groups is 1. The van der Waals surface area contributed by atoms with E-state index in [0.717, 1.165) is 122 Å². The zero-order valence-corrected chi connectivity index (χ0v) is 32.1. The number of carbonyl (C=O) groups is 2. The van der Waals surface area contributed by atoms with Crippen LogP contribution in [0.1, 0.15) is 169 Å². The molecule has 0 rings (SSSR count). The first-order valence-corrected chi connectivity index (χ1v) is 20.4. The molecule has 0 heterocycles. The Kier molecular flexibility index (Phi) is 36.1. The van der Waals surface area contributed by atoms with E-state index in [1.807, 2.05) is 0 Å². The van der Waals surface area contributed by atoms with Crippen molar-refractivity contribution in [2.24, 2.45) is 11.8 Å². The molecule has 0 aromatic carbocycles. The minimum absolute atomic E-state index is 0.00974. The van der Waals surface area contributed by atoms with Crippen molar-refractivity contribution in [1.29, 1.82) is 0 Å². The molecule has 0 aliphatic rings. The maximum Gasteiger partial charge on any atom is 0.308 e. The highest BCUT2D eigenvalue weighted by Gasteiger charge is 2.20. The molecule has 2 unspecified atom stereocenters. The van der Waals surface area contributed by atoms with Crippen LogP contribution in [0.2, 0.25) is 0 Å². The van der Waals surface area contributed by atoms with Gasteiger partial charge in [0.25, 0.3) is 0 Å². The normalized spacial score (nSPS) is 12.8. The summed E-state index contributed by atoms with van der Waals surface area (Å²) in [6, 6.07) is 0. The molecule has 2 atom stereocenters. The fourth-order valence-electron chi connectivity index (χ4n) is 5.86. The third-order valence-corrected chi connectivity index (χ3v) is 9.13. The van der Waals surface area contributed by atoms with Gasteiger partial charge in [0.1, 0.15) is 0 Å². The molecular weight excluding hydrogens is 606 g/mol. The number of esters is 2. The second kappa shape index (κ2) is 37.0. The lowest BCUT2D eigenvalue weighted by molar-refractivity contribution is -0.150. The summed E-state index contributed by atoms with van der Waals surface area (Å²) < 4.78 is 23.1. The average Bonchev–Trinajstić information content (AvgIpc) is 3.09. The van der Waals surface area contributed by atoms with Gasteiger partial charge in [-0.3, -0.25) is 14.5 Å². The number of hydrogen-bond donors (Lipinski definition) is 1. The summed E-state index contributed by atoms with van der Waals surface area (Å²) in [6.45, 7) is 15.1. The van der Waals surface area contributed by atoms with Gasteiger partial charge in [-0.2, -0.15) is 0 Å². The van der Waals surface area contributed by atoms with E-state index in [9.17, 15) is 14.7 Å². The van der Waals surface area contributed by atoms with Gasteiger partial charge in [-0.05, 0) is 70.8 Å². The van der Waals surface area contributed by atoms with Crippen molar-refractivity contribution in [3.8, 4) is 0 Å². The van der Waals surface area contributed by atoms with Crippen LogP contribution >= 0.6 is 0 Å². The molecule has 0 amide bonds. The van der Waals surface area contributed by atoms with E-state index in [4.69, 9.17) is 18.9 Å². The Labute approximate surface area is 296 Å². The van der Waals surface area contributed by atoms with Crippen molar-refractivity contribution < 1.29 is 33.6 Å². The highest BCUT2D eigenvalue weighted by atomic mass is 16.5. The Morgan fingerprint density at radius 2 is 0.875 bits per heavy atom. The first-order chi connectivity index (χ1) is 23.5. The molecule has 1 N–H and O–H groups in total. The van der Waals surface area contributed by atoms with E-state index in [1.165, 1.54) is 38.5 Å². The highest BCUT2D eigenvalue weighted by molar-refractivity contribution is 5.72. The molecule has 0 saturated heterocycles. The summed E-state index contributed by atoms with van der Waals surface area (Å²) in [7, 11) is 0. The van der Waals surface area contributed by atoms with E-state index in [0.29, 0.717) is 39.6 Å². The maximum absolute atomic E-state index is 12.6. The highest BCUT2D eigenvalue weighted by Crippen LogP contribution is 2.20. The molecule has 8 heteroatoms. The monoisotopic (exact) mass is 686 g/mol. The Bertz CT molecular complexity index is 640. The van der Waals surface area contributed by atoms with Crippen LogP contribution in [0.25, 0.3) is 0 Å². The minimum Gasteiger partial charge on any atom is -0.465 e. The van der Waals surface area contributed by atoms with Crippen LogP contribution < -0.4 is 0 Å². The molecule has 48 heavy (non-hydrogen) atoms. The number of unbranched alkanes of at least 4 members (excludes halogenated alkanes) is 11. The molecule has 8 nitrogen and oxygen atoms in total. The first-order valence-electron chi connectivity index (χ1n) is 20.4. The molecule has 0 aliphatic carbocycles. The van der Waals surface area contributed by atoms with E-state index in [-0.39, 0.29) is 30.4 Å². The third kappa shape index (κ3) is 29.7. The lowest BCUT2D eigenvalue weighted by atomic mass is 9.95. The van der Waals surface area contributed by atoms with Crippen molar-refractivity contribution in [3.05, 3.63) is 0 Å². The second-order valence-electron chi connectivity index (χ2n) is 13.6. The first kappa shape index (κ1) is 46.8. The summed E-state index contributed by atoms with van der Waals surface area (Å²) >= 11 is 0. The Balaban J connectivity index is 4.12. The standard InChI is InChI=1S/C40H79NO7/c1-5-9-13-15-25-37(23-11-7-3)39(43)47-33-21-19-31-45-35-28-41(27-17-18-30-42)29-36-46-32-20-22-34-48-40(44)38(24-12-8-4)26-16-14-10-6-2/h37-38,42H,5-36H2,1-4H3. The van der Waals surface area contributed by atoms with Gasteiger partial charge in [-0.1, -0.05) is 105 Å². The smallest absolute Gasteiger partial charge is 0.308 e. The molecule has 0 aromatic heterocycles. The average molecular weight is 686 g/mol. The molecule has 0 radical (unpaired) electrons. The van der Waals surface area contributed by atoms with Crippen LogP contribution in [0, 0.1) is 11.8 Å². The van der Waals surface area contributed by atoms with Crippen molar-refractivity contribution in [3.63, 3.8) is 0 Å². The Morgan fingerprint density at radius 1 is 0.458 bits per heavy atom. The molecule has 0 bridgehead atoms. The summed E-state index contributed by atoms with van der Waals surface area (Å²) in [4.78, 5) is 27.6. The van der Waals surface area contributed by atoms with Crippen LogP contribution in [0.4, 0.5) is 0 Å². The number of aliphatic hydroxyl groups excluding tert-OH is 1. The quantitative estimate of drug-likeness (QED) is 0.0508. The number of carbonyl (C=O) groups excluding carboxylic acids is 2. The zero-order valence-electron chi connectivity index (χ0n) is 32.1. The Morgan fingerprint density at radius 3 is 1.29 bits per heavy atom. The van der Waals surface area contributed by atoms with Gasteiger partial charge in [0.15, 0.2) is 0 Å². The molecule has 0 aromatic rings. The third-order valence-electron chi connectivity index (χ3n) is 9.13. The fourth-order valence-corrected chi connectivity index (χ4v) is 5.86. The van der Waals surface area contributed by atoms with Crippen LogP contribution in [0.3, 0.4) is 0 Å². The van der Waals surface area contributed by atoms with Crippen molar-refractivity contribution in [2.45, 2.75) is 169 Å². The number of ether oxygens (including phenoxy) is 4. The van der Waals surface area contributed by atoms with E-state index in [1.54, 1.807) is 0 Å². The van der Waals surface area contributed by atoms with Crippen LogP contribution in [0.5, 0.6) is 0 Å². The predicted molar refractivity (Wildman–Crippen MR) is 198 cm³/mol. The maximum atomic E-state index is 12.6. The summed E-state index contributed by atoms with van der Waals surface area (Å²) in [5, 5.41) is 9.20.